The van der Waals surface area contributed by atoms with E-state index in [1.165, 1.54) is 13.1 Å². The molecule has 1 unspecified atom stereocenters. The number of halogens is 1. The van der Waals surface area contributed by atoms with Gasteiger partial charge in [0.1, 0.15) is 13.2 Å². The van der Waals surface area contributed by atoms with Crippen LogP contribution in [-0.4, -0.2) is 44.4 Å². The van der Waals surface area contributed by atoms with Gasteiger partial charge in [-0.25, -0.2) is 9.18 Å². The van der Waals surface area contributed by atoms with Gasteiger partial charge < -0.3 is 5.11 Å². The van der Waals surface area contributed by atoms with Crippen molar-refractivity contribution in [1.29, 1.82) is 0 Å². The molecule has 192 valence electrons. The molecule has 0 radical (unpaired) electrons. The first-order valence-corrected chi connectivity index (χ1v) is 14.5. The van der Waals surface area contributed by atoms with Crippen LogP contribution in [0.25, 0.3) is 0 Å². The minimum absolute atomic E-state index is 0.0688. The van der Waals surface area contributed by atoms with Crippen molar-refractivity contribution in [3.63, 3.8) is 0 Å². The van der Waals surface area contributed by atoms with Gasteiger partial charge in [0.15, 0.2) is 5.67 Å². The summed E-state index contributed by atoms with van der Waals surface area (Å²) in [5.41, 5.74) is -2.41. The number of alkyl halides is 1. The molecule has 0 bridgehead atoms. The van der Waals surface area contributed by atoms with Crippen molar-refractivity contribution < 1.29 is 23.1 Å². The fraction of sp³-hybridized carbons (Fsp3) is 0.565. The Hall–Kier alpha value is -1.49. The highest BCUT2D eigenvalue weighted by Gasteiger charge is 2.54. The van der Waals surface area contributed by atoms with Gasteiger partial charge in [0, 0.05) is 38.8 Å². The fourth-order valence-corrected chi connectivity index (χ4v) is 6.79. The maximum Gasteiger partial charge on any atom is 0.697 e. The van der Waals surface area contributed by atoms with Crippen LogP contribution in [0.4, 0.5) is 4.39 Å². The second kappa shape index (κ2) is 11.7. The Morgan fingerprint density at radius 1 is 1.26 bits per heavy atom. The molecular formula is C23H31FN2O6PS2+. The maximum absolute atomic E-state index is 15.3. The number of aliphatic hydroxyl groups is 1. The second-order valence-electron chi connectivity index (χ2n) is 9.61. The van der Waals surface area contributed by atoms with Crippen LogP contribution in [0.15, 0.2) is 51.0 Å². The molecular weight excluding hydrogens is 514 g/mol. The first-order chi connectivity index (χ1) is 16.4. The first kappa shape index (κ1) is 28.1. The van der Waals surface area contributed by atoms with Crippen LogP contribution in [0, 0.1) is 5.92 Å². The predicted octanol–water partition coefficient (Wildman–Crippen LogP) is 4.66. The van der Waals surface area contributed by atoms with Gasteiger partial charge in [-0.05, 0) is 25.0 Å². The van der Waals surface area contributed by atoms with E-state index in [-0.39, 0.29) is 24.4 Å². The van der Waals surface area contributed by atoms with Gasteiger partial charge in [0.25, 0.3) is 5.56 Å². The molecule has 1 aromatic carbocycles. The lowest BCUT2D eigenvalue weighted by Gasteiger charge is -2.27. The van der Waals surface area contributed by atoms with Crippen molar-refractivity contribution in [3.8, 4) is 0 Å². The quantitative estimate of drug-likeness (QED) is 0.328. The van der Waals surface area contributed by atoms with Crippen LogP contribution in [0.3, 0.4) is 0 Å². The van der Waals surface area contributed by atoms with Crippen LogP contribution in [0.1, 0.15) is 45.7 Å². The van der Waals surface area contributed by atoms with Crippen molar-refractivity contribution in [3.05, 3.63) is 62.9 Å². The Labute approximate surface area is 212 Å². The van der Waals surface area contributed by atoms with E-state index >= 15 is 4.39 Å². The standard InChI is InChI=1S/C23H30FN2O6PS2/c1-22(2,3)35-34-17-8-6-5-7-15(17)10-12-31-33(30)32-14-16-13-18(23(4,24)20(16)28)26-11-9-19(27)25-21(26)29/h5-9,11,16,18,20,28H,10,12-14H2,1-4H3/p+1/t16-,18-,20-,23+/m1/s1. The number of rotatable bonds is 10. The summed E-state index contributed by atoms with van der Waals surface area (Å²) in [6.07, 6.45) is 0.377. The van der Waals surface area contributed by atoms with Gasteiger partial charge in [-0.15, -0.1) is 9.05 Å². The molecule has 1 aliphatic rings. The van der Waals surface area contributed by atoms with Gasteiger partial charge in [0.05, 0.1) is 12.1 Å². The number of hydrogen-bond acceptors (Lipinski definition) is 8. The first-order valence-electron chi connectivity index (χ1n) is 11.2. The summed E-state index contributed by atoms with van der Waals surface area (Å²) in [4.78, 5) is 26.6. The molecule has 1 heterocycles. The molecule has 0 amide bonds. The molecule has 2 N–H and O–H groups in total. The largest absolute Gasteiger partial charge is 0.697 e. The van der Waals surface area contributed by atoms with E-state index in [2.05, 4.69) is 25.8 Å². The van der Waals surface area contributed by atoms with Gasteiger partial charge in [-0.1, -0.05) is 60.6 Å². The second-order valence-corrected chi connectivity index (χ2v) is 13.6. The van der Waals surface area contributed by atoms with E-state index in [1.54, 1.807) is 21.6 Å². The van der Waals surface area contributed by atoms with E-state index in [4.69, 9.17) is 9.05 Å². The lowest BCUT2D eigenvalue weighted by molar-refractivity contribution is -0.0192. The zero-order valence-corrected chi connectivity index (χ0v) is 22.6. The predicted molar refractivity (Wildman–Crippen MR) is 137 cm³/mol. The molecule has 0 aliphatic heterocycles. The molecule has 1 aromatic heterocycles. The Morgan fingerprint density at radius 2 is 1.97 bits per heavy atom. The topological polar surface area (TPSA) is 111 Å². The third kappa shape index (κ3) is 7.50. The highest BCUT2D eigenvalue weighted by molar-refractivity contribution is 8.77. The molecule has 12 heteroatoms. The van der Waals surface area contributed by atoms with Gasteiger partial charge >= 0.3 is 13.9 Å². The van der Waals surface area contributed by atoms with Crippen molar-refractivity contribution >= 4 is 29.8 Å². The minimum Gasteiger partial charge on any atom is -0.389 e. The number of nitrogens with zero attached hydrogens (tertiary/aromatic N) is 1. The van der Waals surface area contributed by atoms with E-state index in [0.717, 1.165) is 21.1 Å². The summed E-state index contributed by atoms with van der Waals surface area (Å²) < 4.78 is 39.4. The number of hydrogen-bond donors (Lipinski definition) is 2. The summed E-state index contributed by atoms with van der Waals surface area (Å²) in [5.74, 6) is -0.706. The summed E-state index contributed by atoms with van der Waals surface area (Å²) >= 11 is 0. The van der Waals surface area contributed by atoms with E-state index in [9.17, 15) is 19.3 Å². The SMILES string of the molecule is CC(C)(C)SSc1ccccc1CCO[P+](=O)OC[C@H]1C[C@@H](n2ccc(=O)[nH]c2=O)[C@](C)(F)[C@@H]1O. The van der Waals surface area contributed by atoms with Crippen LogP contribution in [0.5, 0.6) is 0 Å². The van der Waals surface area contributed by atoms with Crippen molar-refractivity contribution in [2.45, 2.75) is 68.0 Å². The fourth-order valence-electron chi connectivity index (χ4n) is 3.91. The Morgan fingerprint density at radius 3 is 2.66 bits per heavy atom. The molecule has 35 heavy (non-hydrogen) atoms. The molecule has 2 aromatic rings. The summed E-state index contributed by atoms with van der Waals surface area (Å²) in [6, 6.07) is 8.07. The highest BCUT2D eigenvalue weighted by Crippen LogP contribution is 2.46. The number of nitrogens with one attached hydrogen (secondary N) is 1. The van der Waals surface area contributed by atoms with E-state index in [0.29, 0.717) is 6.42 Å². The maximum atomic E-state index is 15.3. The summed E-state index contributed by atoms with van der Waals surface area (Å²) in [6.45, 7) is 7.62. The number of aromatic amines is 1. The molecule has 0 spiro atoms. The average molecular weight is 546 g/mol. The average Bonchev–Trinajstić information content (AvgIpc) is 3.00. The summed E-state index contributed by atoms with van der Waals surface area (Å²) in [5, 5.41) is 10.5. The van der Waals surface area contributed by atoms with Gasteiger partial charge in [0.2, 0.25) is 0 Å². The van der Waals surface area contributed by atoms with Gasteiger partial charge in [-0.3, -0.25) is 14.3 Å². The van der Waals surface area contributed by atoms with Crippen molar-refractivity contribution in [2.75, 3.05) is 13.2 Å². The number of H-pyrrole nitrogens is 1. The van der Waals surface area contributed by atoms with Crippen molar-refractivity contribution in [1.82, 2.24) is 9.55 Å². The Bertz CT molecular complexity index is 1150. The highest BCUT2D eigenvalue weighted by atomic mass is 33.1. The molecule has 0 saturated heterocycles. The third-order valence-electron chi connectivity index (χ3n) is 5.71. The zero-order chi connectivity index (χ0) is 25.8. The smallest absolute Gasteiger partial charge is 0.389 e. The van der Waals surface area contributed by atoms with E-state index in [1.807, 2.05) is 24.3 Å². The van der Waals surface area contributed by atoms with Crippen molar-refractivity contribution in [2.24, 2.45) is 5.92 Å². The summed E-state index contributed by atoms with van der Waals surface area (Å²) in [7, 11) is 0.984. The van der Waals surface area contributed by atoms with Crippen LogP contribution >= 0.6 is 29.8 Å². The Kier molecular flexibility index (Phi) is 9.39. The Balaban J connectivity index is 1.51. The lowest BCUT2D eigenvalue weighted by atomic mass is 9.98. The molecule has 1 fully saturated rings. The van der Waals surface area contributed by atoms with Crippen LogP contribution in [0.2, 0.25) is 0 Å². The van der Waals surface area contributed by atoms with Crippen LogP contribution in [-0.2, 0) is 20.0 Å². The monoisotopic (exact) mass is 545 g/mol. The number of aliphatic hydroxyl groups excluding tert-OH is 1. The molecule has 3 rings (SSSR count). The van der Waals surface area contributed by atoms with Crippen LogP contribution < -0.4 is 11.2 Å². The third-order valence-corrected chi connectivity index (χ3v) is 9.91. The molecule has 1 aliphatic carbocycles. The normalized spacial score (nSPS) is 25.1. The molecule has 8 nitrogen and oxygen atoms in total. The van der Waals surface area contributed by atoms with Gasteiger partial charge in [-0.2, -0.15) is 0 Å². The molecule has 5 atom stereocenters. The zero-order valence-electron chi connectivity index (χ0n) is 20.1. The minimum atomic E-state index is -2.47. The number of aromatic nitrogens is 2. The molecule has 1 saturated carbocycles. The number of benzene rings is 1. The lowest BCUT2D eigenvalue weighted by Crippen LogP contribution is -2.42. The van der Waals surface area contributed by atoms with E-state index < -0.39 is 43.2 Å².